The molecular formula is C16H15N3O2. The van der Waals surface area contributed by atoms with Crippen molar-refractivity contribution in [3.8, 4) is 5.75 Å². The molecule has 1 aromatic carbocycles. The Morgan fingerprint density at radius 3 is 3.19 bits per heavy atom. The van der Waals surface area contributed by atoms with E-state index in [0.717, 1.165) is 29.0 Å². The van der Waals surface area contributed by atoms with E-state index in [9.17, 15) is 4.79 Å². The van der Waals surface area contributed by atoms with Crippen LogP contribution in [0, 0.1) is 0 Å². The number of nitrogens with zero attached hydrogens (tertiary/aromatic N) is 2. The molecule has 0 spiro atoms. The van der Waals surface area contributed by atoms with E-state index in [2.05, 4.69) is 10.2 Å². The van der Waals surface area contributed by atoms with Crippen LogP contribution in [0.3, 0.4) is 0 Å². The number of carbonyl (C=O) groups excluding carboxylic acids is 1. The first-order valence-electron chi connectivity index (χ1n) is 7.04. The molecule has 3 heterocycles. The second kappa shape index (κ2) is 4.77. The number of carbonyl (C=O) groups is 1. The molecule has 0 aliphatic carbocycles. The van der Waals surface area contributed by atoms with Crippen molar-refractivity contribution in [3.63, 3.8) is 0 Å². The molecule has 1 amide bonds. The van der Waals surface area contributed by atoms with Crippen LogP contribution in [0.25, 0.3) is 6.08 Å². The van der Waals surface area contributed by atoms with Crippen LogP contribution in [0.2, 0.25) is 0 Å². The van der Waals surface area contributed by atoms with E-state index in [4.69, 9.17) is 4.74 Å². The summed E-state index contributed by atoms with van der Waals surface area (Å²) in [6.07, 6.45) is 4.56. The Balaban J connectivity index is 1.58. The van der Waals surface area contributed by atoms with E-state index < -0.39 is 0 Å². The van der Waals surface area contributed by atoms with Crippen LogP contribution < -0.4 is 4.74 Å². The van der Waals surface area contributed by atoms with Gasteiger partial charge in [0.15, 0.2) is 0 Å². The molecule has 106 valence electrons. The van der Waals surface area contributed by atoms with Crippen LogP contribution in [0.1, 0.15) is 16.8 Å². The van der Waals surface area contributed by atoms with E-state index in [1.807, 2.05) is 35.2 Å². The van der Waals surface area contributed by atoms with Crippen molar-refractivity contribution < 1.29 is 9.53 Å². The van der Waals surface area contributed by atoms with Gasteiger partial charge in [0.2, 0.25) is 0 Å². The van der Waals surface area contributed by atoms with E-state index in [0.29, 0.717) is 25.3 Å². The van der Waals surface area contributed by atoms with Crippen LogP contribution >= 0.6 is 0 Å². The number of hydrogen-bond acceptors (Lipinski definition) is 3. The zero-order chi connectivity index (χ0) is 14.2. The number of H-pyrrole nitrogens is 1. The normalized spacial score (nSPS) is 16.6. The van der Waals surface area contributed by atoms with E-state index in [1.54, 1.807) is 6.20 Å². The molecule has 2 aliphatic rings. The lowest BCUT2D eigenvalue weighted by Gasteiger charge is -2.28. The number of fused-ring (bicyclic) bond motifs is 2. The highest BCUT2D eigenvalue weighted by Crippen LogP contribution is 2.27. The highest BCUT2D eigenvalue weighted by Gasteiger charge is 2.26. The predicted octanol–water partition coefficient (Wildman–Crippen LogP) is 1.77. The topological polar surface area (TPSA) is 58.2 Å². The van der Waals surface area contributed by atoms with Crippen LogP contribution in [0.5, 0.6) is 5.75 Å². The molecule has 2 aliphatic heterocycles. The van der Waals surface area contributed by atoms with Gasteiger partial charge in [-0.15, -0.1) is 0 Å². The molecule has 0 unspecified atom stereocenters. The number of rotatable bonds is 1. The molecule has 0 fully saturated rings. The Bertz CT molecular complexity index is 733. The van der Waals surface area contributed by atoms with Crippen molar-refractivity contribution in [1.82, 2.24) is 15.1 Å². The Morgan fingerprint density at radius 2 is 2.24 bits per heavy atom. The third kappa shape index (κ3) is 2.11. The number of aromatic amines is 1. The third-order valence-electron chi connectivity index (χ3n) is 3.99. The van der Waals surface area contributed by atoms with Gasteiger partial charge in [-0.1, -0.05) is 18.2 Å². The Hall–Kier alpha value is -2.56. The van der Waals surface area contributed by atoms with Gasteiger partial charge in [-0.2, -0.15) is 5.10 Å². The molecule has 5 nitrogen and oxygen atoms in total. The number of para-hydroxylation sites is 1. The molecule has 4 rings (SSSR count). The van der Waals surface area contributed by atoms with Crippen molar-refractivity contribution in [1.29, 1.82) is 0 Å². The van der Waals surface area contributed by atoms with Crippen LogP contribution in [-0.2, 0) is 17.8 Å². The van der Waals surface area contributed by atoms with Gasteiger partial charge >= 0.3 is 0 Å². The summed E-state index contributed by atoms with van der Waals surface area (Å²) in [4.78, 5) is 14.5. The average molecular weight is 281 g/mol. The van der Waals surface area contributed by atoms with Gasteiger partial charge in [0.05, 0.1) is 11.8 Å². The lowest BCUT2D eigenvalue weighted by Crippen LogP contribution is -2.38. The average Bonchev–Trinajstić information content (AvgIpc) is 3.01. The van der Waals surface area contributed by atoms with Gasteiger partial charge in [0.25, 0.3) is 5.91 Å². The van der Waals surface area contributed by atoms with E-state index in [-0.39, 0.29) is 5.91 Å². The summed E-state index contributed by atoms with van der Waals surface area (Å²) in [5.74, 6) is 0.890. The van der Waals surface area contributed by atoms with Gasteiger partial charge in [-0.25, -0.2) is 0 Å². The van der Waals surface area contributed by atoms with Crippen LogP contribution in [0.15, 0.2) is 36.0 Å². The molecule has 2 aromatic rings. The van der Waals surface area contributed by atoms with Gasteiger partial charge < -0.3 is 9.64 Å². The first kappa shape index (κ1) is 12.2. The van der Waals surface area contributed by atoms with Crippen molar-refractivity contribution >= 4 is 12.0 Å². The fraction of sp³-hybridized carbons (Fsp3) is 0.250. The second-order valence-electron chi connectivity index (χ2n) is 5.35. The van der Waals surface area contributed by atoms with Gasteiger partial charge in [0, 0.05) is 36.3 Å². The summed E-state index contributed by atoms with van der Waals surface area (Å²) in [7, 11) is 0. The lowest BCUT2D eigenvalue weighted by atomic mass is 10.0. The van der Waals surface area contributed by atoms with Crippen LogP contribution in [0.4, 0.5) is 0 Å². The highest BCUT2D eigenvalue weighted by molar-refractivity contribution is 5.99. The molecule has 0 bridgehead atoms. The lowest BCUT2D eigenvalue weighted by molar-refractivity contribution is -0.128. The minimum Gasteiger partial charge on any atom is -0.488 e. The molecule has 0 radical (unpaired) electrons. The standard InChI is InChI=1S/C16H15N3O2/c20-16(19-6-5-14-13(9-19)8-17-18-14)12-7-11-3-1-2-4-15(11)21-10-12/h1-4,7-8H,5-6,9-10H2,(H,17,18). The van der Waals surface area contributed by atoms with Crippen LogP contribution in [-0.4, -0.2) is 34.2 Å². The highest BCUT2D eigenvalue weighted by atomic mass is 16.5. The van der Waals surface area contributed by atoms with E-state index >= 15 is 0 Å². The smallest absolute Gasteiger partial charge is 0.253 e. The molecular weight excluding hydrogens is 266 g/mol. The second-order valence-corrected chi connectivity index (χ2v) is 5.35. The monoisotopic (exact) mass is 281 g/mol. The fourth-order valence-electron chi connectivity index (χ4n) is 2.84. The maximum absolute atomic E-state index is 12.6. The van der Waals surface area contributed by atoms with Gasteiger partial charge in [-0.3, -0.25) is 9.89 Å². The van der Waals surface area contributed by atoms with Gasteiger partial charge in [0.1, 0.15) is 12.4 Å². The number of amides is 1. The molecule has 0 saturated carbocycles. The largest absolute Gasteiger partial charge is 0.488 e. The summed E-state index contributed by atoms with van der Waals surface area (Å²) in [6.45, 7) is 1.67. The predicted molar refractivity (Wildman–Crippen MR) is 77.6 cm³/mol. The van der Waals surface area contributed by atoms with Crippen molar-refractivity contribution in [2.75, 3.05) is 13.2 Å². The Kier molecular flexibility index (Phi) is 2.77. The fourth-order valence-corrected chi connectivity index (χ4v) is 2.84. The third-order valence-corrected chi connectivity index (χ3v) is 3.99. The molecule has 0 saturated heterocycles. The molecule has 1 N–H and O–H groups in total. The quantitative estimate of drug-likeness (QED) is 0.866. The molecule has 0 atom stereocenters. The van der Waals surface area contributed by atoms with Crippen molar-refractivity contribution in [2.45, 2.75) is 13.0 Å². The maximum atomic E-state index is 12.6. The molecule has 5 heteroatoms. The minimum atomic E-state index is 0.0522. The summed E-state index contributed by atoms with van der Waals surface area (Å²) >= 11 is 0. The summed E-state index contributed by atoms with van der Waals surface area (Å²) in [6, 6.07) is 7.77. The van der Waals surface area contributed by atoms with Crippen molar-refractivity contribution in [3.05, 3.63) is 52.9 Å². The number of aromatic nitrogens is 2. The summed E-state index contributed by atoms with van der Waals surface area (Å²) in [5, 5.41) is 7.02. The first-order valence-corrected chi connectivity index (χ1v) is 7.04. The Labute approximate surface area is 122 Å². The zero-order valence-corrected chi connectivity index (χ0v) is 11.5. The number of nitrogens with one attached hydrogen (secondary N) is 1. The van der Waals surface area contributed by atoms with Gasteiger partial charge in [-0.05, 0) is 12.1 Å². The zero-order valence-electron chi connectivity index (χ0n) is 11.5. The maximum Gasteiger partial charge on any atom is 0.253 e. The van der Waals surface area contributed by atoms with Crippen molar-refractivity contribution in [2.24, 2.45) is 0 Å². The number of ether oxygens (including phenoxy) is 1. The summed E-state index contributed by atoms with van der Waals surface area (Å²) in [5.41, 5.74) is 3.92. The number of hydrogen-bond donors (Lipinski definition) is 1. The summed E-state index contributed by atoms with van der Waals surface area (Å²) < 4.78 is 5.67. The molecule has 21 heavy (non-hydrogen) atoms. The van der Waals surface area contributed by atoms with E-state index in [1.165, 1.54) is 0 Å². The minimum absolute atomic E-state index is 0.0522. The number of benzene rings is 1. The Morgan fingerprint density at radius 1 is 1.33 bits per heavy atom. The first-order chi connectivity index (χ1) is 10.3. The SMILES string of the molecule is O=C(C1=Cc2ccccc2OC1)N1CCc2[nH]ncc2C1. The molecule has 1 aromatic heterocycles.